The topological polar surface area (TPSA) is 33.7 Å². The maximum atomic E-state index is 6.04. The van der Waals surface area contributed by atoms with E-state index in [1.54, 1.807) is 7.11 Å². The van der Waals surface area contributed by atoms with Crippen LogP contribution in [0.1, 0.15) is 18.4 Å². The fourth-order valence-corrected chi connectivity index (χ4v) is 3.85. The molecule has 1 aromatic rings. The summed E-state index contributed by atoms with van der Waals surface area (Å²) < 4.78 is 11.3. The van der Waals surface area contributed by atoms with Crippen LogP contribution in [0.3, 0.4) is 0 Å². The smallest absolute Gasteiger partial charge is 0.0935 e. The molecule has 23 heavy (non-hydrogen) atoms. The Bertz CT molecular complexity index is 476. The monoisotopic (exact) mass is 338 g/mol. The third kappa shape index (κ3) is 4.68. The van der Waals surface area contributed by atoms with Gasteiger partial charge in [-0.2, -0.15) is 0 Å². The summed E-state index contributed by atoms with van der Waals surface area (Å²) in [5, 5.41) is 4.26. The predicted octanol–water partition coefficient (Wildman–Crippen LogP) is 2.35. The highest BCUT2D eigenvalue weighted by Crippen LogP contribution is 2.24. The van der Waals surface area contributed by atoms with Gasteiger partial charge in [0.2, 0.25) is 0 Å². The zero-order valence-electron chi connectivity index (χ0n) is 13.8. The van der Waals surface area contributed by atoms with Crippen molar-refractivity contribution in [1.82, 2.24) is 10.2 Å². The molecule has 0 bridgehead atoms. The molecule has 0 spiro atoms. The summed E-state index contributed by atoms with van der Waals surface area (Å²) in [6, 6.07) is 9.30. The Morgan fingerprint density at radius 3 is 2.70 bits per heavy atom. The zero-order valence-corrected chi connectivity index (χ0v) is 14.6. The fraction of sp³-hybridized carbons (Fsp3) is 0.667. The number of halogens is 1. The summed E-state index contributed by atoms with van der Waals surface area (Å²) in [4.78, 5) is 2.67. The van der Waals surface area contributed by atoms with Crippen LogP contribution < -0.4 is 5.32 Å². The van der Waals surface area contributed by atoms with Crippen LogP contribution in [0.25, 0.3) is 0 Å². The number of benzene rings is 1. The van der Waals surface area contributed by atoms with Crippen molar-refractivity contribution in [1.29, 1.82) is 0 Å². The van der Waals surface area contributed by atoms with Crippen molar-refractivity contribution in [2.45, 2.75) is 37.5 Å². The fourth-order valence-electron chi connectivity index (χ4n) is 3.72. The van der Waals surface area contributed by atoms with Gasteiger partial charge in [0, 0.05) is 30.8 Å². The molecular weight excluding hydrogens is 312 g/mol. The van der Waals surface area contributed by atoms with Crippen LogP contribution in [0.4, 0.5) is 0 Å². The first kappa shape index (κ1) is 17.2. The summed E-state index contributed by atoms with van der Waals surface area (Å²) in [7, 11) is 1.75. The number of nitrogens with one attached hydrogen (secondary N) is 1. The Morgan fingerprint density at radius 1 is 1.26 bits per heavy atom. The SMILES string of the molecule is COCC1CN(C2CCNCC2)C(Cc2ccc(Cl)cc2)CO1. The van der Waals surface area contributed by atoms with E-state index in [1.807, 2.05) is 12.1 Å². The summed E-state index contributed by atoms with van der Waals surface area (Å²) in [6.07, 6.45) is 3.64. The van der Waals surface area contributed by atoms with Gasteiger partial charge in [0.25, 0.3) is 0 Å². The number of hydrogen-bond acceptors (Lipinski definition) is 4. The summed E-state index contributed by atoms with van der Waals surface area (Å²) in [5.74, 6) is 0. The molecule has 5 heteroatoms. The quantitative estimate of drug-likeness (QED) is 0.893. The zero-order chi connectivity index (χ0) is 16.1. The van der Waals surface area contributed by atoms with Crippen LogP contribution in [-0.4, -0.2) is 63.0 Å². The molecular formula is C18H27ClN2O2. The maximum absolute atomic E-state index is 6.04. The lowest BCUT2D eigenvalue weighted by Crippen LogP contribution is -2.57. The Kier molecular flexibility index (Phi) is 6.31. The van der Waals surface area contributed by atoms with E-state index in [2.05, 4.69) is 22.3 Å². The van der Waals surface area contributed by atoms with E-state index in [9.17, 15) is 0 Å². The number of nitrogens with zero attached hydrogens (tertiary/aromatic N) is 1. The van der Waals surface area contributed by atoms with E-state index in [0.29, 0.717) is 18.7 Å². The minimum Gasteiger partial charge on any atom is -0.382 e. The van der Waals surface area contributed by atoms with Crippen LogP contribution in [0.5, 0.6) is 0 Å². The highest BCUT2D eigenvalue weighted by Gasteiger charge is 2.34. The molecule has 0 radical (unpaired) electrons. The Labute approximate surface area is 144 Å². The van der Waals surface area contributed by atoms with Crippen molar-refractivity contribution in [3.05, 3.63) is 34.9 Å². The van der Waals surface area contributed by atoms with E-state index in [-0.39, 0.29) is 6.10 Å². The second kappa shape index (κ2) is 8.45. The summed E-state index contributed by atoms with van der Waals surface area (Å²) in [6.45, 7) is 4.65. The molecule has 3 rings (SSSR count). The van der Waals surface area contributed by atoms with E-state index < -0.39 is 0 Å². The average molecular weight is 339 g/mol. The molecule has 2 fully saturated rings. The minimum absolute atomic E-state index is 0.191. The third-order valence-corrected chi connectivity index (χ3v) is 5.17. The second-order valence-electron chi connectivity index (χ2n) is 6.57. The van der Waals surface area contributed by atoms with Gasteiger partial charge in [-0.25, -0.2) is 0 Å². The van der Waals surface area contributed by atoms with Gasteiger partial charge in [-0.3, -0.25) is 4.90 Å². The van der Waals surface area contributed by atoms with Crippen molar-refractivity contribution in [2.75, 3.05) is 40.0 Å². The van der Waals surface area contributed by atoms with E-state index in [4.69, 9.17) is 21.1 Å². The molecule has 2 heterocycles. The van der Waals surface area contributed by atoms with Gasteiger partial charge < -0.3 is 14.8 Å². The second-order valence-corrected chi connectivity index (χ2v) is 7.01. The van der Waals surface area contributed by atoms with Gasteiger partial charge in [-0.1, -0.05) is 23.7 Å². The van der Waals surface area contributed by atoms with Crippen molar-refractivity contribution in [3.63, 3.8) is 0 Å². The molecule has 0 saturated carbocycles. The number of piperidine rings is 1. The summed E-state index contributed by atoms with van der Waals surface area (Å²) in [5.41, 5.74) is 1.33. The molecule has 2 aliphatic heterocycles. The van der Waals surface area contributed by atoms with Gasteiger partial charge in [0.1, 0.15) is 0 Å². The van der Waals surface area contributed by atoms with Crippen LogP contribution in [0.2, 0.25) is 5.02 Å². The summed E-state index contributed by atoms with van der Waals surface area (Å²) >= 11 is 6.00. The number of ether oxygens (including phenoxy) is 2. The van der Waals surface area contributed by atoms with Crippen LogP contribution in [0.15, 0.2) is 24.3 Å². The highest BCUT2D eigenvalue weighted by atomic mass is 35.5. The van der Waals surface area contributed by atoms with Gasteiger partial charge >= 0.3 is 0 Å². The molecule has 128 valence electrons. The first-order valence-electron chi connectivity index (χ1n) is 8.57. The molecule has 4 nitrogen and oxygen atoms in total. The average Bonchev–Trinajstić information content (AvgIpc) is 2.59. The Morgan fingerprint density at radius 2 is 2.00 bits per heavy atom. The van der Waals surface area contributed by atoms with Gasteiger partial charge in [-0.15, -0.1) is 0 Å². The lowest BCUT2D eigenvalue weighted by molar-refractivity contribution is -0.103. The van der Waals surface area contributed by atoms with Crippen LogP contribution in [-0.2, 0) is 15.9 Å². The van der Waals surface area contributed by atoms with Gasteiger partial charge in [0.05, 0.1) is 19.3 Å². The molecule has 1 N–H and O–H groups in total. The predicted molar refractivity (Wildman–Crippen MR) is 93.2 cm³/mol. The number of hydrogen-bond donors (Lipinski definition) is 1. The lowest BCUT2D eigenvalue weighted by atomic mass is 9.97. The van der Waals surface area contributed by atoms with Gasteiger partial charge in [0.15, 0.2) is 0 Å². The lowest BCUT2D eigenvalue weighted by Gasteiger charge is -2.45. The van der Waals surface area contributed by atoms with Crippen molar-refractivity contribution >= 4 is 11.6 Å². The largest absolute Gasteiger partial charge is 0.382 e. The molecule has 1 aromatic carbocycles. The van der Waals surface area contributed by atoms with Crippen molar-refractivity contribution in [3.8, 4) is 0 Å². The normalized spacial score (nSPS) is 27.2. The number of methoxy groups -OCH3 is 1. The van der Waals surface area contributed by atoms with E-state index in [1.165, 1.54) is 18.4 Å². The Hall–Kier alpha value is -0.650. The maximum Gasteiger partial charge on any atom is 0.0935 e. The van der Waals surface area contributed by atoms with Gasteiger partial charge in [-0.05, 0) is 50.0 Å². The third-order valence-electron chi connectivity index (χ3n) is 4.92. The molecule has 0 aromatic heterocycles. The van der Waals surface area contributed by atoms with Crippen molar-refractivity contribution in [2.24, 2.45) is 0 Å². The minimum atomic E-state index is 0.191. The van der Waals surface area contributed by atoms with E-state index >= 15 is 0 Å². The molecule has 2 aliphatic rings. The molecule has 0 amide bonds. The number of morpholine rings is 1. The standard InChI is InChI=1S/C18H27ClN2O2/c1-22-13-18-11-21(16-6-8-20-9-7-16)17(12-23-18)10-14-2-4-15(19)5-3-14/h2-5,16-18,20H,6-13H2,1H3. The highest BCUT2D eigenvalue weighted by molar-refractivity contribution is 6.30. The first-order chi connectivity index (χ1) is 11.3. The Balaban J connectivity index is 1.68. The molecule has 2 unspecified atom stereocenters. The molecule has 0 aliphatic carbocycles. The molecule has 2 saturated heterocycles. The number of rotatable bonds is 5. The van der Waals surface area contributed by atoms with Crippen molar-refractivity contribution < 1.29 is 9.47 Å². The van der Waals surface area contributed by atoms with Crippen LogP contribution in [0, 0.1) is 0 Å². The van der Waals surface area contributed by atoms with E-state index in [0.717, 1.165) is 37.7 Å². The molecule has 2 atom stereocenters. The first-order valence-corrected chi connectivity index (χ1v) is 8.95. The van der Waals surface area contributed by atoms with Crippen LogP contribution >= 0.6 is 11.6 Å².